The van der Waals surface area contributed by atoms with E-state index < -0.39 is 0 Å². The van der Waals surface area contributed by atoms with Gasteiger partial charge in [-0.25, -0.2) is 9.13 Å². The van der Waals surface area contributed by atoms with Gasteiger partial charge in [-0.05, 0) is 6.42 Å². The molecule has 7 heteroatoms. The Kier molecular flexibility index (Phi) is 36.1. The van der Waals surface area contributed by atoms with Gasteiger partial charge in [0.2, 0.25) is 6.33 Å². The fraction of sp³-hybridized carbons (Fsp3) is 0.625. The Bertz CT molecular complexity index is 208. The van der Waals surface area contributed by atoms with Crippen LogP contribution in [-0.2, 0) is 30.7 Å². The smallest absolute Gasteiger partial charge is 0.240 e. The molecule has 1 aromatic heterocycles. The van der Waals surface area contributed by atoms with Crippen molar-refractivity contribution in [3.63, 3.8) is 0 Å². The minimum atomic E-state index is 0. The first-order valence-electron chi connectivity index (χ1n) is 3.84. The Morgan fingerprint density at radius 1 is 1.13 bits per heavy atom. The van der Waals surface area contributed by atoms with E-state index in [2.05, 4.69) is 34.8 Å². The normalized spacial score (nSPS) is 6.80. The molecule has 0 N–H and O–H groups in total. The van der Waals surface area contributed by atoms with E-state index in [1.54, 1.807) is 0 Å². The van der Waals surface area contributed by atoms with Gasteiger partial charge >= 0.3 is 0 Å². The number of hydrogen-bond donors (Lipinski definition) is 0. The van der Waals surface area contributed by atoms with Crippen molar-refractivity contribution in [2.45, 2.75) is 26.3 Å². The van der Waals surface area contributed by atoms with Gasteiger partial charge in [-0.1, -0.05) is 13.3 Å². The Morgan fingerprint density at radius 2 is 1.67 bits per heavy atom. The molecule has 1 rings (SSSR count). The Morgan fingerprint density at radius 3 is 2.00 bits per heavy atom. The van der Waals surface area contributed by atoms with Gasteiger partial charge in [-0.3, -0.25) is 0 Å². The molecular formula is C8H19Br4FeN2+. The van der Waals surface area contributed by atoms with Crippen molar-refractivity contribution in [1.29, 1.82) is 0 Å². The van der Waals surface area contributed by atoms with Crippen LogP contribution in [0.4, 0.5) is 0 Å². The third kappa shape index (κ3) is 13.6. The summed E-state index contributed by atoms with van der Waals surface area (Å²) in [5.41, 5.74) is 0. The van der Waals surface area contributed by atoms with E-state index >= 15 is 0 Å². The SMILES string of the molecule is Br.Br.Br.Br.CCCC[n+]1ccn(C)c1.[Fe]. The molecule has 0 amide bonds. The van der Waals surface area contributed by atoms with E-state index in [1.807, 2.05) is 7.05 Å². The van der Waals surface area contributed by atoms with Crippen molar-refractivity contribution in [3.05, 3.63) is 18.7 Å². The predicted molar refractivity (Wildman–Crippen MR) is 81.8 cm³/mol. The Balaban J connectivity index is -0.0000000667. The molecule has 0 aliphatic carbocycles. The van der Waals surface area contributed by atoms with E-state index in [0.29, 0.717) is 0 Å². The zero-order valence-electron chi connectivity index (χ0n) is 8.73. The fourth-order valence-electron chi connectivity index (χ4n) is 0.975. The first kappa shape index (κ1) is 30.0. The number of aryl methyl sites for hydroxylation is 2. The largest absolute Gasteiger partial charge is 0.243 e. The molecule has 0 aromatic carbocycles. The Labute approximate surface area is 145 Å². The molecule has 1 heterocycles. The Hall–Kier alpha value is 1.65. The number of aromatic nitrogens is 2. The quantitative estimate of drug-likeness (QED) is 0.428. The molecule has 0 saturated heterocycles. The second-order valence-electron chi connectivity index (χ2n) is 2.67. The van der Waals surface area contributed by atoms with Gasteiger partial charge in [0.1, 0.15) is 12.4 Å². The van der Waals surface area contributed by atoms with Gasteiger partial charge in [0, 0.05) is 17.1 Å². The van der Waals surface area contributed by atoms with Crippen LogP contribution in [0.1, 0.15) is 19.8 Å². The van der Waals surface area contributed by atoms with E-state index in [-0.39, 0.29) is 85.0 Å². The molecule has 0 fully saturated rings. The van der Waals surface area contributed by atoms with Gasteiger partial charge in [-0.2, -0.15) is 0 Å². The summed E-state index contributed by atoms with van der Waals surface area (Å²) in [7, 11) is 2.04. The van der Waals surface area contributed by atoms with Crippen molar-refractivity contribution >= 4 is 67.9 Å². The average Bonchev–Trinajstić information content (AvgIpc) is 2.31. The van der Waals surface area contributed by atoms with Crippen LogP contribution in [0.25, 0.3) is 0 Å². The van der Waals surface area contributed by atoms with Crippen LogP contribution in [-0.4, -0.2) is 4.57 Å². The minimum absolute atomic E-state index is 0. The molecule has 1 aromatic rings. The fourth-order valence-corrected chi connectivity index (χ4v) is 0.975. The van der Waals surface area contributed by atoms with Crippen LogP contribution in [0.3, 0.4) is 0 Å². The molecule has 0 radical (unpaired) electrons. The number of rotatable bonds is 3. The second-order valence-corrected chi connectivity index (χ2v) is 2.67. The van der Waals surface area contributed by atoms with Crippen LogP contribution in [0.2, 0.25) is 0 Å². The standard InChI is InChI=1S/C8H15N2.4BrH.Fe/c1-3-4-5-10-7-6-9(2)8-10;;;;;/h6-8H,3-5H2,1-2H3;4*1H;/q+1;;;;;. The van der Waals surface area contributed by atoms with Gasteiger partial charge in [0.05, 0.1) is 13.6 Å². The van der Waals surface area contributed by atoms with Gasteiger partial charge in [-0.15, -0.1) is 67.9 Å². The van der Waals surface area contributed by atoms with Crippen LogP contribution >= 0.6 is 67.9 Å². The summed E-state index contributed by atoms with van der Waals surface area (Å²) in [6, 6.07) is 0. The van der Waals surface area contributed by atoms with Crippen LogP contribution in [0, 0.1) is 0 Å². The van der Waals surface area contributed by atoms with E-state index in [9.17, 15) is 0 Å². The monoisotopic (exact) mass is 515 g/mol. The number of hydrogen-bond acceptors (Lipinski definition) is 0. The predicted octanol–water partition coefficient (Wildman–Crippen LogP) is 3.42. The summed E-state index contributed by atoms with van der Waals surface area (Å²) >= 11 is 0. The first-order valence-corrected chi connectivity index (χ1v) is 3.84. The zero-order valence-corrected chi connectivity index (χ0v) is 16.7. The number of unbranched alkanes of at least 4 members (excludes halogenated alkanes) is 1. The molecule has 0 unspecified atom stereocenters. The van der Waals surface area contributed by atoms with Gasteiger partial charge < -0.3 is 0 Å². The minimum Gasteiger partial charge on any atom is -0.240 e. The van der Waals surface area contributed by atoms with Crippen molar-refractivity contribution in [2.75, 3.05) is 0 Å². The molecular weight excluding hydrogens is 500 g/mol. The van der Waals surface area contributed by atoms with Crippen LogP contribution < -0.4 is 4.57 Å². The van der Waals surface area contributed by atoms with Crippen LogP contribution in [0.5, 0.6) is 0 Å². The molecule has 0 aliphatic heterocycles. The molecule has 0 saturated carbocycles. The maximum absolute atomic E-state index is 2.21. The second kappa shape index (κ2) is 18.0. The maximum atomic E-state index is 2.21. The third-order valence-electron chi connectivity index (χ3n) is 1.59. The summed E-state index contributed by atoms with van der Waals surface area (Å²) in [5, 5.41) is 0. The van der Waals surface area contributed by atoms with E-state index in [4.69, 9.17) is 0 Å². The summed E-state index contributed by atoms with van der Waals surface area (Å²) in [6.45, 7) is 3.36. The summed E-state index contributed by atoms with van der Waals surface area (Å²) < 4.78 is 4.28. The molecule has 15 heavy (non-hydrogen) atoms. The third-order valence-corrected chi connectivity index (χ3v) is 1.59. The molecule has 0 aliphatic rings. The molecule has 0 bridgehead atoms. The van der Waals surface area contributed by atoms with Gasteiger partial charge in [0.25, 0.3) is 0 Å². The maximum Gasteiger partial charge on any atom is 0.243 e. The first-order chi connectivity index (χ1) is 4.83. The van der Waals surface area contributed by atoms with Crippen LogP contribution in [0.15, 0.2) is 18.7 Å². The number of nitrogens with zero attached hydrogens (tertiary/aromatic N) is 2. The molecule has 0 spiro atoms. The van der Waals surface area contributed by atoms with Crippen molar-refractivity contribution < 1.29 is 21.6 Å². The van der Waals surface area contributed by atoms with Crippen molar-refractivity contribution in [2.24, 2.45) is 7.05 Å². The average molecular weight is 519 g/mol. The zero-order chi connectivity index (χ0) is 7.40. The van der Waals surface area contributed by atoms with E-state index in [1.165, 1.54) is 12.8 Å². The van der Waals surface area contributed by atoms with Gasteiger partial charge in [0.15, 0.2) is 0 Å². The number of halogens is 4. The molecule has 0 atom stereocenters. The molecule has 96 valence electrons. The number of imidazole rings is 1. The summed E-state index contributed by atoms with van der Waals surface area (Å²) in [5.74, 6) is 0. The topological polar surface area (TPSA) is 8.81 Å². The summed E-state index contributed by atoms with van der Waals surface area (Å²) in [6.07, 6.45) is 8.82. The van der Waals surface area contributed by atoms with Crippen molar-refractivity contribution in [1.82, 2.24) is 4.57 Å². The van der Waals surface area contributed by atoms with Crippen molar-refractivity contribution in [3.8, 4) is 0 Å². The van der Waals surface area contributed by atoms with E-state index in [0.717, 1.165) is 6.54 Å². The molecule has 2 nitrogen and oxygen atoms in total. The summed E-state index contributed by atoms with van der Waals surface area (Å²) in [4.78, 5) is 0.